The quantitative estimate of drug-likeness (QED) is 0.525. The van der Waals surface area contributed by atoms with Gasteiger partial charge in [-0.25, -0.2) is 13.1 Å². The molecule has 0 bridgehead atoms. The van der Waals surface area contributed by atoms with Crippen LogP contribution >= 0.6 is 0 Å². The standard InChI is InChI=1S/C26H30N2O3S/c1-20-9-13-24(19-21(20)2)28(3)26(29)16-12-23-10-14-25(15-11-23)32(30,31)27-18-17-22-7-5-4-6-8-22/h4-11,13-15,19,27H,12,16-18H2,1-3H3. The summed E-state index contributed by atoms with van der Waals surface area (Å²) in [5.74, 6) is 0.0209. The average molecular weight is 451 g/mol. The van der Waals surface area contributed by atoms with E-state index in [4.69, 9.17) is 0 Å². The van der Waals surface area contributed by atoms with Gasteiger partial charge in [-0.2, -0.15) is 0 Å². The van der Waals surface area contributed by atoms with Crippen LogP contribution in [0.5, 0.6) is 0 Å². The van der Waals surface area contributed by atoms with Gasteiger partial charge in [-0.1, -0.05) is 48.5 Å². The van der Waals surface area contributed by atoms with Crippen LogP contribution in [0.3, 0.4) is 0 Å². The average Bonchev–Trinajstić information content (AvgIpc) is 2.79. The summed E-state index contributed by atoms with van der Waals surface area (Å²) in [7, 11) is -1.78. The number of carbonyl (C=O) groups excluding carboxylic acids is 1. The van der Waals surface area contributed by atoms with E-state index in [1.165, 1.54) is 5.56 Å². The monoisotopic (exact) mass is 450 g/mol. The summed E-state index contributed by atoms with van der Waals surface area (Å²) >= 11 is 0. The maximum absolute atomic E-state index is 12.6. The molecule has 0 spiro atoms. The molecule has 3 aromatic rings. The van der Waals surface area contributed by atoms with Gasteiger partial charge in [-0.3, -0.25) is 4.79 Å². The first-order valence-electron chi connectivity index (χ1n) is 10.7. The number of nitrogens with zero attached hydrogens (tertiary/aromatic N) is 1. The molecule has 0 aliphatic carbocycles. The predicted octanol–water partition coefficient (Wildman–Crippen LogP) is 4.42. The zero-order chi connectivity index (χ0) is 23.1. The zero-order valence-electron chi connectivity index (χ0n) is 18.8. The summed E-state index contributed by atoms with van der Waals surface area (Å²) in [4.78, 5) is 14.5. The first-order chi connectivity index (χ1) is 15.3. The highest BCUT2D eigenvalue weighted by Gasteiger charge is 2.15. The minimum atomic E-state index is -3.56. The van der Waals surface area contributed by atoms with E-state index in [0.29, 0.717) is 25.8 Å². The molecule has 0 atom stereocenters. The Kier molecular flexibility index (Phi) is 7.83. The van der Waals surface area contributed by atoms with Gasteiger partial charge >= 0.3 is 0 Å². The molecular weight excluding hydrogens is 420 g/mol. The molecule has 1 N–H and O–H groups in total. The fraction of sp³-hybridized carbons (Fsp3) is 0.269. The molecule has 3 rings (SSSR count). The summed E-state index contributed by atoms with van der Waals surface area (Å²) in [5, 5.41) is 0. The molecular formula is C26H30N2O3S. The zero-order valence-corrected chi connectivity index (χ0v) is 19.7. The Morgan fingerprint density at radius 3 is 2.16 bits per heavy atom. The van der Waals surface area contributed by atoms with Gasteiger partial charge in [0.1, 0.15) is 0 Å². The van der Waals surface area contributed by atoms with Crippen molar-refractivity contribution in [3.8, 4) is 0 Å². The molecule has 0 heterocycles. The first-order valence-corrected chi connectivity index (χ1v) is 12.2. The molecule has 3 aromatic carbocycles. The van der Waals surface area contributed by atoms with E-state index in [1.54, 1.807) is 36.2 Å². The van der Waals surface area contributed by atoms with Gasteiger partial charge in [0.25, 0.3) is 0 Å². The van der Waals surface area contributed by atoms with Crippen molar-refractivity contribution in [3.63, 3.8) is 0 Å². The predicted molar refractivity (Wildman–Crippen MR) is 129 cm³/mol. The minimum Gasteiger partial charge on any atom is -0.315 e. The van der Waals surface area contributed by atoms with Crippen LogP contribution in [0.2, 0.25) is 0 Å². The number of carbonyl (C=O) groups is 1. The number of amides is 1. The number of hydrogen-bond donors (Lipinski definition) is 1. The summed E-state index contributed by atoms with van der Waals surface area (Å²) in [6.45, 7) is 4.42. The molecule has 0 fully saturated rings. The number of hydrogen-bond acceptors (Lipinski definition) is 3. The second kappa shape index (κ2) is 10.6. The van der Waals surface area contributed by atoms with Crippen LogP contribution in [-0.4, -0.2) is 27.9 Å². The van der Waals surface area contributed by atoms with Gasteiger partial charge in [-0.15, -0.1) is 0 Å². The molecule has 5 nitrogen and oxygen atoms in total. The summed E-state index contributed by atoms with van der Waals surface area (Å²) in [6, 6.07) is 22.5. The maximum Gasteiger partial charge on any atom is 0.240 e. The lowest BCUT2D eigenvalue weighted by Gasteiger charge is -2.18. The van der Waals surface area contributed by atoms with Crippen molar-refractivity contribution in [2.75, 3.05) is 18.5 Å². The Hall–Kier alpha value is -2.96. The Balaban J connectivity index is 1.53. The number of sulfonamides is 1. The number of benzene rings is 3. The molecule has 0 radical (unpaired) electrons. The van der Waals surface area contributed by atoms with Crippen molar-refractivity contribution in [2.24, 2.45) is 0 Å². The van der Waals surface area contributed by atoms with Gasteiger partial charge < -0.3 is 4.90 Å². The lowest BCUT2D eigenvalue weighted by Crippen LogP contribution is -2.26. The van der Waals surface area contributed by atoms with Crippen LogP contribution in [0.1, 0.15) is 28.7 Å². The largest absolute Gasteiger partial charge is 0.315 e. The van der Waals surface area contributed by atoms with Crippen LogP contribution < -0.4 is 9.62 Å². The summed E-state index contributed by atoms with van der Waals surface area (Å²) in [5.41, 5.74) is 5.23. The highest BCUT2D eigenvalue weighted by molar-refractivity contribution is 7.89. The third-order valence-electron chi connectivity index (χ3n) is 5.66. The van der Waals surface area contributed by atoms with E-state index in [2.05, 4.69) is 4.72 Å². The van der Waals surface area contributed by atoms with E-state index < -0.39 is 10.0 Å². The third-order valence-corrected chi connectivity index (χ3v) is 7.14. The second-order valence-electron chi connectivity index (χ2n) is 8.00. The van der Waals surface area contributed by atoms with Gasteiger partial charge in [0.15, 0.2) is 0 Å². The van der Waals surface area contributed by atoms with Crippen molar-refractivity contribution in [1.82, 2.24) is 4.72 Å². The normalized spacial score (nSPS) is 11.3. The molecule has 6 heteroatoms. The number of anilines is 1. The molecule has 168 valence electrons. The SMILES string of the molecule is Cc1ccc(N(C)C(=O)CCc2ccc(S(=O)(=O)NCCc3ccccc3)cc2)cc1C. The summed E-state index contributed by atoms with van der Waals surface area (Å²) in [6.07, 6.45) is 1.54. The fourth-order valence-electron chi connectivity index (χ4n) is 3.39. The van der Waals surface area contributed by atoms with Crippen molar-refractivity contribution in [2.45, 2.75) is 38.0 Å². The second-order valence-corrected chi connectivity index (χ2v) is 9.77. The van der Waals surface area contributed by atoms with Crippen molar-refractivity contribution in [3.05, 3.63) is 95.1 Å². The lowest BCUT2D eigenvalue weighted by atomic mass is 10.1. The van der Waals surface area contributed by atoms with Crippen LogP contribution in [0.15, 0.2) is 77.7 Å². The Morgan fingerprint density at radius 1 is 0.844 bits per heavy atom. The topological polar surface area (TPSA) is 66.5 Å². The van der Waals surface area contributed by atoms with Crippen LogP contribution in [-0.2, 0) is 27.7 Å². The smallest absolute Gasteiger partial charge is 0.240 e. The van der Waals surface area contributed by atoms with E-state index in [9.17, 15) is 13.2 Å². The minimum absolute atomic E-state index is 0.0209. The number of rotatable bonds is 9. The Labute approximate surface area is 191 Å². The van der Waals surface area contributed by atoms with E-state index >= 15 is 0 Å². The molecule has 0 saturated carbocycles. The maximum atomic E-state index is 12.6. The number of aryl methyl sites for hydroxylation is 3. The van der Waals surface area contributed by atoms with Gasteiger partial charge in [0.05, 0.1) is 4.90 Å². The van der Waals surface area contributed by atoms with E-state index in [-0.39, 0.29) is 10.8 Å². The summed E-state index contributed by atoms with van der Waals surface area (Å²) < 4.78 is 27.7. The van der Waals surface area contributed by atoms with Gasteiger partial charge in [0, 0.05) is 25.7 Å². The molecule has 0 aliphatic rings. The van der Waals surface area contributed by atoms with E-state index in [1.807, 2.05) is 62.4 Å². The van der Waals surface area contributed by atoms with Crippen LogP contribution in [0.25, 0.3) is 0 Å². The third kappa shape index (κ3) is 6.28. The lowest BCUT2D eigenvalue weighted by molar-refractivity contribution is -0.118. The van der Waals surface area contributed by atoms with Crippen molar-refractivity contribution in [1.29, 1.82) is 0 Å². The highest BCUT2D eigenvalue weighted by atomic mass is 32.2. The molecule has 0 unspecified atom stereocenters. The van der Waals surface area contributed by atoms with E-state index in [0.717, 1.165) is 22.4 Å². The highest BCUT2D eigenvalue weighted by Crippen LogP contribution is 2.19. The molecule has 0 saturated heterocycles. The van der Waals surface area contributed by atoms with Crippen LogP contribution in [0, 0.1) is 13.8 Å². The molecule has 0 aliphatic heterocycles. The Bertz CT molecular complexity index is 1160. The fourth-order valence-corrected chi connectivity index (χ4v) is 4.42. The molecule has 1 amide bonds. The van der Waals surface area contributed by atoms with Crippen molar-refractivity contribution < 1.29 is 13.2 Å². The van der Waals surface area contributed by atoms with Gasteiger partial charge in [0.2, 0.25) is 15.9 Å². The van der Waals surface area contributed by atoms with Crippen LogP contribution in [0.4, 0.5) is 5.69 Å². The van der Waals surface area contributed by atoms with Gasteiger partial charge in [-0.05, 0) is 73.2 Å². The van der Waals surface area contributed by atoms with Crippen molar-refractivity contribution >= 4 is 21.6 Å². The first kappa shape index (κ1) is 23.7. The molecule has 0 aromatic heterocycles. The number of nitrogens with one attached hydrogen (secondary N) is 1. The molecule has 32 heavy (non-hydrogen) atoms. The Morgan fingerprint density at radius 2 is 1.50 bits per heavy atom.